The maximum Gasteiger partial charge on any atom is 0.138 e. The van der Waals surface area contributed by atoms with Crippen LogP contribution in [0.25, 0.3) is 0 Å². The Balaban J connectivity index is 2.53. The van der Waals surface area contributed by atoms with E-state index in [9.17, 15) is 19.5 Å². The van der Waals surface area contributed by atoms with Gasteiger partial charge in [0.1, 0.15) is 34.9 Å². The van der Waals surface area contributed by atoms with Gasteiger partial charge in [-0.3, -0.25) is 4.21 Å². The monoisotopic (exact) mass is 357 g/mol. The maximum atomic E-state index is 11.0. The van der Waals surface area contributed by atoms with Crippen LogP contribution < -0.4 is 0 Å². The molecule has 0 radical (unpaired) electrons. The van der Waals surface area contributed by atoms with E-state index < -0.39 is 47.3 Å². The lowest BCUT2D eigenvalue weighted by atomic mass is 10.0. The van der Waals surface area contributed by atoms with Crippen LogP contribution in [0.2, 0.25) is 0 Å². The summed E-state index contributed by atoms with van der Waals surface area (Å²) < 4.78 is 16.3. The molecule has 8 nitrogen and oxygen atoms in total. The lowest BCUT2D eigenvalue weighted by Crippen LogP contribution is -2.57. The number of rotatable bonds is 7. The van der Waals surface area contributed by atoms with Crippen LogP contribution in [0, 0.1) is 0 Å². The standard InChI is InChI=1S/C12H23NO7S2/c1-22(19)5-3-2-4-8(13-18)21-12-11(17)10(16)9(15)7(6-14)20-12/h7,9-12,14-18H,2-6H2,1H3/b13-8+/t7-,9+,10-,11+,12-,22+/m0/s1. The molecule has 1 saturated heterocycles. The second-order valence-corrected chi connectivity index (χ2v) is 7.77. The van der Waals surface area contributed by atoms with Crippen molar-refractivity contribution in [2.45, 2.75) is 49.1 Å². The van der Waals surface area contributed by atoms with Crippen LogP contribution >= 0.6 is 11.8 Å². The minimum absolute atomic E-state index is 0.297. The summed E-state index contributed by atoms with van der Waals surface area (Å²) in [6.45, 7) is -0.504. The molecule has 22 heavy (non-hydrogen) atoms. The maximum absolute atomic E-state index is 11.0. The minimum Gasteiger partial charge on any atom is -0.410 e. The van der Waals surface area contributed by atoms with E-state index in [4.69, 9.17) is 15.1 Å². The van der Waals surface area contributed by atoms with Gasteiger partial charge in [0, 0.05) is 22.8 Å². The van der Waals surface area contributed by atoms with Crippen LogP contribution in [0.1, 0.15) is 19.3 Å². The summed E-state index contributed by atoms with van der Waals surface area (Å²) in [5.74, 6) is 0.559. The highest BCUT2D eigenvalue weighted by Gasteiger charge is 2.44. The zero-order chi connectivity index (χ0) is 16.7. The Hall–Kier alpha value is -0.230. The first-order chi connectivity index (χ1) is 10.4. The quantitative estimate of drug-likeness (QED) is 0.127. The second-order valence-electron chi connectivity index (χ2n) is 5.04. The van der Waals surface area contributed by atoms with Crippen molar-refractivity contribution in [3.8, 4) is 0 Å². The molecule has 0 amide bonds. The number of aliphatic hydroxyl groups is 4. The van der Waals surface area contributed by atoms with E-state index in [0.29, 0.717) is 30.1 Å². The Kier molecular flexibility index (Phi) is 8.83. The van der Waals surface area contributed by atoms with E-state index in [1.165, 1.54) is 0 Å². The predicted octanol–water partition coefficient (Wildman–Crippen LogP) is -1.14. The molecule has 6 atom stereocenters. The highest BCUT2D eigenvalue weighted by atomic mass is 32.2. The molecule has 5 N–H and O–H groups in total. The molecule has 0 saturated carbocycles. The molecular formula is C12H23NO7S2. The zero-order valence-corrected chi connectivity index (χ0v) is 13.9. The van der Waals surface area contributed by atoms with Gasteiger partial charge in [0.2, 0.25) is 0 Å². The van der Waals surface area contributed by atoms with Crippen LogP contribution in [0.5, 0.6) is 0 Å². The highest BCUT2D eigenvalue weighted by molar-refractivity contribution is 8.14. The fourth-order valence-electron chi connectivity index (χ4n) is 2.01. The molecule has 1 rings (SSSR count). The molecular weight excluding hydrogens is 334 g/mol. The molecule has 0 bridgehead atoms. The number of ether oxygens (including phenoxy) is 1. The fourth-order valence-corrected chi connectivity index (χ4v) is 3.70. The molecule has 1 fully saturated rings. The van der Waals surface area contributed by atoms with Crippen molar-refractivity contribution in [3.05, 3.63) is 0 Å². The van der Waals surface area contributed by atoms with E-state index in [-0.39, 0.29) is 0 Å². The number of hydrogen-bond donors (Lipinski definition) is 5. The van der Waals surface area contributed by atoms with Gasteiger partial charge in [0.05, 0.1) is 6.61 Å². The Labute approximate surface area is 135 Å². The third kappa shape index (κ3) is 5.76. The van der Waals surface area contributed by atoms with Crippen molar-refractivity contribution >= 4 is 27.6 Å². The molecule has 1 heterocycles. The van der Waals surface area contributed by atoms with Gasteiger partial charge in [-0.25, -0.2) is 0 Å². The van der Waals surface area contributed by atoms with Gasteiger partial charge in [-0.05, 0) is 19.3 Å². The van der Waals surface area contributed by atoms with Crippen molar-refractivity contribution in [2.24, 2.45) is 5.16 Å². The predicted molar refractivity (Wildman–Crippen MR) is 83.4 cm³/mol. The van der Waals surface area contributed by atoms with Crippen LogP contribution in [0.3, 0.4) is 0 Å². The van der Waals surface area contributed by atoms with E-state index in [2.05, 4.69) is 5.16 Å². The number of nitrogens with zero attached hydrogens (tertiary/aromatic N) is 1. The largest absolute Gasteiger partial charge is 0.410 e. The first-order valence-electron chi connectivity index (χ1n) is 6.88. The Morgan fingerprint density at radius 1 is 1.23 bits per heavy atom. The number of aliphatic hydroxyl groups excluding tert-OH is 4. The molecule has 0 aromatic heterocycles. The molecule has 130 valence electrons. The summed E-state index contributed by atoms with van der Waals surface area (Å²) in [5, 5.41) is 50.8. The summed E-state index contributed by atoms with van der Waals surface area (Å²) in [5.41, 5.74) is -0.957. The van der Waals surface area contributed by atoms with Gasteiger partial charge in [0.25, 0.3) is 0 Å². The second kappa shape index (κ2) is 9.81. The average molecular weight is 357 g/mol. The SMILES string of the molecule is C[S@@](=O)CCCC/C(=N\O)S[C@@H]1O[C@@H](CO)[C@@H](O)[C@H](O)[C@H]1O. The molecule has 10 heteroatoms. The van der Waals surface area contributed by atoms with Gasteiger partial charge >= 0.3 is 0 Å². The summed E-state index contributed by atoms with van der Waals surface area (Å²) in [6, 6.07) is 0. The van der Waals surface area contributed by atoms with E-state index in [0.717, 1.165) is 11.8 Å². The number of hydrogen-bond acceptors (Lipinski definition) is 9. The molecule has 0 aliphatic carbocycles. The molecule has 0 aromatic carbocycles. The Bertz CT molecular complexity index is 394. The molecule has 1 aliphatic heterocycles. The molecule has 0 spiro atoms. The van der Waals surface area contributed by atoms with Gasteiger partial charge < -0.3 is 30.4 Å². The van der Waals surface area contributed by atoms with Gasteiger partial charge in [0.15, 0.2) is 0 Å². The normalized spacial score (nSPS) is 34.6. The van der Waals surface area contributed by atoms with Crippen molar-refractivity contribution < 1.29 is 34.6 Å². The molecule has 1 aliphatic rings. The fraction of sp³-hybridized carbons (Fsp3) is 0.917. The van der Waals surface area contributed by atoms with Gasteiger partial charge in [-0.1, -0.05) is 16.9 Å². The van der Waals surface area contributed by atoms with Crippen molar-refractivity contribution in [2.75, 3.05) is 18.6 Å². The first kappa shape index (κ1) is 19.8. The summed E-state index contributed by atoms with van der Waals surface area (Å²) in [4.78, 5) is 0. The Morgan fingerprint density at radius 3 is 2.45 bits per heavy atom. The highest BCUT2D eigenvalue weighted by Crippen LogP contribution is 2.30. The lowest BCUT2D eigenvalue weighted by molar-refractivity contribution is -0.205. The van der Waals surface area contributed by atoms with E-state index in [1.54, 1.807) is 6.26 Å². The van der Waals surface area contributed by atoms with Gasteiger partial charge in [-0.2, -0.15) is 0 Å². The zero-order valence-electron chi connectivity index (χ0n) is 12.2. The number of oxime groups is 1. The van der Waals surface area contributed by atoms with Crippen LogP contribution in [-0.4, -0.2) is 83.4 Å². The topological polar surface area (TPSA) is 140 Å². The third-order valence-corrected chi connectivity index (χ3v) is 5.33. The van der Waals surface area contributed by atoms with Crippen LogP contribution in [0.15, 0.2) is 5.16 Å². The first-order valence-corrected chi connectivity index (χ1v) is 9.49. The smallest absolute Gasteiger partial charge is 0.138 e. The summed E-state index contributed by atoms with van der Waals surface area (Å²) in [6.07, 6.45) is -1.84. The molecule has 0 unspecified atom stereocenters. The van der Waals surface area contributed by atoms with Crippen molar-refractivity contribution in [1.29, 1.82) is 0 Å². The molecule has 0 aromatic rings. The summed E-state index contributed by atoms with van der Waals surface area (Å²) >= 11 is 0.927. The minimum atomic E-state index is -1.45. The number of thioether (sulfide) groups is 1. The van der Waals surface area contributed by atoms with Crippen LogP contribution in [0.4, 0.5) is 0 Å². The van der Waals surface area contributed by atoms with Gasteiger partial charge in [-0.15, -0.1) is 0 Å². The average Bonchev–Trinajstić information content (AvgIpc) is 2.50. The lowest BCUT2D eigenvalue weighted by Gasteiger charge is -2.39. The summed E-state index contributed by atoms with van der Waals surface area (Å²) in [7, 11) is -0.871. The van der Waals surface area contributed by atoms with Crippen molar-refractivity contribution in [1.82, 2.24) is 0 Å². The van der Waals surface area contributed by atoms with E-state index in [1.807, 2.05) is 0 Å². The van der Waals surface area contributed by atoms with E-state index >= 15 is 0 Å². The third-order valence-electron chi connectivity index (χ3n) is 3.28. The van der Waals surface area contributed by atoms with Crippen LogP contribution in [-0.2, 0) is 15.5 Å². The van der Waals surface area contributed by atoms with Crippen molar-refractivity contribution in [3.63, 3.8) is 0 Å². The number of unbranched alkanes of at least 4 members (excludes halogenated alkanes) is 1. The Morgan fingerprint density at radius 2 is 1.91 bits per heavy atom.